The van der Waals surface area contributed by atoms with Crippen LogP contribution in [0, 0.1) is 6.92 Å². The number of nitrogens with zero attached hydrogens (tertiary/aromatic N) is 1. The molecule has 200 valence electrons. The highest BCUT2D eigenvalue weighted by Gasteiger charge is 2.39. The van der Waals surface area contributed by atoms with Gasteiger partial charge in [-0.15, -0.1) is 11.3 Å². The number of nitrogens with one attached hydrogen (secondary N) is 1. The van der Waals surface area contributed by atoms with Gasteiger partial charge in [0.15, 0.2) is 0 Å². The number of ether oxygens (including phenoxy) is 3. The average molecular weight is 537 g/mol. The van der Waals surface area contributed by atoms with E-state index in [1.807, 2.05) is 45.9 Å². The van der Waals surface area contributed by atoms with E-state index in [1.165, 1.54) is 18.4 Å². The molecule has 0 saturated heterocycles. The molecule has 2 heterocycles. The van der Waals surface area contributed by atoms with Crippen LogP contribution < -0.4 is 19.7 Å². The number of amides is 1. The lowest BCUT2D eigenvalue weighted by Crippen LogP contribution is -2.52. The Morgan fingerprint density at radius 3 is 2.47 bits per heavy atom. The van der Waals surface area contributed by atoms with Crippen molar-refractivity contribution in [2.45, 2.75) is 52.7 Å². The molecule has 0 saturated carbocycles. The summed E-state index contributed by atoms with van der Waals surface area (Å²) in [4.78, 5) is 41.1. The Morgan fingerprint density at radius 1 is 1.08 bits per heavy atom. The van der Waals surface area contributed by atoms with Crippen LogP contribution in [0.5, 0.6) is 11.5 Å². The Balaban J connectivity index is 1.79. The summed E-state index contributed by atoms with van der Waals surface area (Å²) in [6, 6.07) is 12.6. The average Bonchev–Trinajstić information content (AvgIpc) is 3.32. The first-order valence-corrected chi connectivity index (χ1v) is 13.2. The van der Waals surface area contributed by atoms with Crippen molar-refractivity contribution in [3.63, 3.8) is 0 Å². The summed E-state index contributed by atoms with van der Waals surface area (Å²) in [5, 5.41) is 3.31. The number of rotatable bonds is 8. The second kappa shape index (κ2) is 10.9. The van der Waals surface area contributed by atoms with Gasteiger partial charge < -0.3 is 24.4 Å². The molecule has 0 fully saturated rings. The minimum atomic E-state index is -0.798. The van der Waals surface area contributed by atoms with Crippen molar-refractivity contribution in [1.29, 1.82) is 0 Å². The Bertz CT molecular complexity index is 1390. The number of benzene rings is 2. The van der Waals surface area contributed by atoms with Crippen LogP contribution >= 0.6 is 11.3 Å². The first-order chi connectivity index (χ1) is 18.1. The lowest BCUT2D eigenvalue weighted by Gasteiger charge is -2.39. The van der Waals surface area contributed by atoms with Crippen molar-refractivity contribution in [3.8, 4) is 22.6 Å². The number of esters is 2. The summed E-state index contributed by atoms with van der Waals surface area (Å²) in [5.74, 6) is -0.0185. The van der Waals surface area contributed by atoms with Crippen LogP contribution in [-0.2, 0) is 20.9 Å². The number of anilines is 2. The Kier molecular flexibility index (Phi) is 7.78. The van der Waals surface area contributed by atoms with Crippen molar-refractivity contribution >= 4 is 40.6 Å². The molecular formula is C29H32N2O6S. The zero-order valence-corrected chi connectivity index (χ0v) is 23.3. The number of thiophene rings is 1. The minimum Gasteiger partial charge on any atom is -0.496 e. The highest BCUT2D eigenvalue weighted by atomic mass is 32.1. The number of aryl methyl sites for hydroxylation is 1. The van der Waals surface area contributed by atoms with Crippen LogP contribution in [0.15, 0.2) is 42.5 Å². The second-order valence-corrected chi connectivity index (χ2v) is 11.0. The third-order valence-corrected chi connectivity index (χ3v) is 7.32. The van der Waals surface area contributed by atoms with Crippen LogP contribution in [0.25, 0.3) is 11.1 Å². The smallest absolute Gasteiger partial charge is 0.348 e. The molecule has 0 radical (unpaired) electrons. The predicted octanol–water partition coefficient (Wildman–Crippen LogP) is 5.96. The molecule has 9 heteroatoms. The lowest BCUT2D eigenvalue weighted by atomic mass is 9.91. The zero-order valence-electron chi connectivity index (χ0n) is 22.5. The fraction of sp³-hybridized carbons (Fsp3) is 0.345. The summed E-state index contributed by atoms with van der Waals surface area (Å²) in [6.45, 7) is 7.42. The summed E-state index contributed by atoms with van der Waals surface area (Å²) >= 11 is 1.36. The van der Waals surface area contributed by atoms with Gasteiger partial charge in [0.25, 0.3) is 5.91 Å². The number of hydrogen-bond donors (Lipinski definition) is 1. The maximum Gasteiger partial charge on any atom is 0.348 e. The molecule has 1 aliphatic rings. The number of carbonyl (C=O) groups is 3. The molecule has 0 bridgehead atoms. The van der Waals surface area contributed by atoms with E-state index in [0.29, 0.717) is 46.0 Å². The molecule has 0 atom stereocenters. The number of likely N-dealkylation sites (N-methyl/N-ethyl adjacent to an activating group) is 1. The number of fused-ring (bicyclic) bond motifs is 1. The van der Waals surface area contributed by atoms with Crippen molar-refractivity contribution in [3.05, 3.63) is 57.8 Å². The molecule has 3 aromatic rings. The van der Waals surface area contributed by atoms with E-state index in [2.05, 4.69) is 5.32 Å². The fourth-order valence-electron chi connectivity index (χ4n) is 4.53. The van der Waals surface area contributed by atoms with E-state index < -0.39 is 11.5 Å². The normalized spacial score (nSPS) is 13.9. The molecule has 0 aliphatic carbocycles. The van der Waals surface area contributed by atoms with Gasteiger partial charge >= 0.3 is 11.9 Å². The Labute approximate surface area is 226 Å². The van der Waals surface area contributed by atoms with Crippen LogP contribution in [-0.4, -0.2) is 37.5 Å². The molecule has 1 aliphatic heterocycles. The topological polar surface area (TPSA) is 94.2 Å². The summed E-state index contributed by atoms with van der Waals surface area (Å²) in [7, 11) is 3.25. The van der Waals surface area contributed by atoms with Gasteiger partial charge in [0, 0.05) is 35.5 Å². The molecule has 2 aromatic carbocycles. The summed E-state index contributed by atoms with van der Waals surface area (Å²) in [5.41, 5.74) is 2.66. The number of hydrogen-bond acceptors (Lipinski definition) is 8. The van der Waals surface area contributed by atoms with Crippen molar-refractivity contribution < 1.29 is 28.6 Å². The number of methoxy groups -OCH3 is 1. The molecule has 1 N–H and O–H groups in total. The van der Waals surface area contributed by atoms with Gasteiger partial charge in [-0.2, -0.15) is 0 Å². The van der Waals surface area contributed by atoms with E-state index >= 15 is 0 Å². The molecule has 0 unspecified atom stereocenters. The standard InChI is InChI=1S/C29H32N2O6S/c1-7-8-25(32)37-18-10-11-20(23(15-18)35-6)19-12-13-22-26(31(5)28(34)29(3,4)30-22)21(19)16-36-27(33)24-14-9-17(2)38-24/h9-15,30H,7-8,16H2,1-6H3. The summed E-state index contributed by atoms with van der Waals surface area (Å²) in [6.07, 6.45) is 1.01. The Hall–Kier alpha value is -3.85. The second-order valence-electron chi connectivity index (χ2n) is 9.67. The lowest BCUT2D eigenvalue weighted by molar-refractivity contribution is -0.134. The minimum absolute atomic E-state index is 0.0651. The van der Waals surface area contributed by atoms with Crippen LogP contribution in [0.4, 0.5) is 11.4 Å². The van der Waals surface area contributed by atoms with Gasteiger partial charge in [-0.25, -0.2) is 4.79 Å². The van der Waals surface area contributed by atoms with Crippen LogP contribution in [0.3, 0.4) is 0 Å². The van der Waals surface area contributed by atoms with Crippen molar-refractivity contribution in [1.82, 2.24) is 0 Å². The van der Waals surface area contributed by atoms with E-state index in [9.17, 15) is 14.4 Å². The van der Waals surface area contributed by atoms with Crippen LogP contribution in [0.1, 0.15) is 53.7 Å². The zero-order chi connectivity index (χ0) is 27.6. The molecule has 4 rings (SSSR count). The van der Waals surface area contributed by atoms with Gasteiger partial charge in [-0.05, 0) is 63.1 Å². The van der Waals surface area contributed by atoms with Gasteiger partial charge in [-0.1, -0.05) is 13.0 Å². The first-order valence-electron chi connectivity index (χ1n) is 12.4. The van der Waals surface area contributed by atoms with Crippen LogP contribution in [0.2, 0.25) is 0 Å². The third kappa shape index (κ3) is 5.38. The van der Waals surface area contributed by atoms with Gasteiger partial charge in [0.1, 0.15) is 28.5 Å². The van der Waals surface area contributed by atoms with Crippen molar-refractivity contribution in [2.24, 2.45) is 0 Å². The molecule has 0 spiro atoms. The maximum absolute atomic E-state index is 13.2. The maximum atomic E-state index is 13.2. The monoisotopic (exact) mass is 536 g/mol. The molecule has 1 aromatic heterocycles. The quantitative estimate of drug-likeness (QED) is 0.280. The molecule has 1 amide bonds. The molecule has 38 heavy (non-hydrogen) atoms. The fourth-order valence-corrected chi connectivity index (χ4v) is 5.29. The predicted molar refractivity (Wildman–Crippen MR) is 148 cm³/mol. The summed E-state index contributed by atoms with van der Waals surface area (Å²) < 4.78 is 16.9. The van der Waals surface area contributed by atoms with Gasteiger partial charge in [0.2, 0.25) is 0 Å². The van der Waals surface area contributed by atoms with Gasteiger partial charge in [0.05, 0.1) is 18.5 Å². The van der Waals surface area contributed by atoms with E-state index in [-0.39, 0.29) is 18.5 Å². The highest BCUT2D eigenvalue weighted by Crippen LogP contribution is 2.45. The highest BCUT2D eigenvalue weighted by molar-refractivity contribution is 7.13. The van der Waals surface area contributed by atoms with E-state index in [0.717, 1.165) is 16.1 Å². The number of carbonyl (C=O) groups excluding carboxylic acids is 3. The van der Waals surface area contributed by atoms with E-state index in [1.54, 1.807) is 36.2 Å². The third-order valence-electron chi connectivity index (χ3n) is 6.34. The SMILES string of the molecule is CCCC(=O)Oc1ccc(-c2ccc3c(c2COC(=O)c2ccc(C)s2)N(C)C(=O)C(C)(C)N3)c(OC)c1. The Morgan fingerprint density at radius 2 is 1.82 bits per heavy atom. The largest absolute Gasteiger partial charge is 0.496 e. The first kappa shape index (κ1) is 27.2. The van der Waals surface area contributed by atoms with Gasteiger partial charge in [-0.3, -0.25) is 9.59 Å². The van der Waals surface area contributed by atoms with E-state index in [4.69, 9.17) is 14.2 Å². The molecule has 8 nitrogen and oxygen atoms in total. The van der Waals surface area contributed by atoms with Crippen molar-refractivity contribution in [2.75, 3.05) is 24.4 Å². The molecular weight excluding hydrogens is 504 g/mol.